The van der Waals surface area contributed by atoms with E-state index in [1.54, 1.807) is 0 Å². The second-order valence-electron chi connectivity index (χ2n) is 3.41. The monoisotopic (exact) mass is 255 g/mol. The minimum absolute atomic E-state index is 0.0667. The van der Waals surface area contributed by atoms with Crippen molar-refractivity contribution >= 4 is 5.91 Å². The van der Waals surface area contributed by atoms with E-state index in [-0.39, 0.29) is 18.7 Å². The molecule has 6 nitrogen and oxygen atoms in total. The van der Waals surface area contributed by atoms with Gasteiger partial charge in [0.15, 0.2) is 0 Å². The summed E-state index contributed by atoms with van der Waals surface area (Å²) in [6, 6.07) is 1.58. The van der Waals surface area contributed by atoms with Gasteiger partial charge in [-0.15, -0.1) is 0 Å². The number of halogens is 2. The number of hydrogen-bond donors (Lipinski definition) is 2. The van der Waals surface area contributed by atoms with Crippen LogP contribution in [0.3, 0.4) is 0 Å². The predicted molar refractivity (Wildman–Crippen MR) is 60.3 cm³/mol. The molecule has 18 heavy (non-hydrogen) atoms. The first kappa shape index (κ1) is 13.9. The van der Waals surface area contributed by atoms with Crippen LogP contribution in [0.4, 0.5) is 8.78 Å². The van der Waals surface area contributed by atoms with Gasteiger partial charge in [0.25, 0.3) is 0 Å². The number of amides is 1. The van der Waals surface area contributed by atoms with Crippen molar-refractivity contribution in [1.29, 1.82) is 0 Å². The second-order valence-corrected chi connectivity index (χ2v) is 3.41. The fraction of sp³-hybridized carbons (Fsp3) is 0.300. The summed E-state index contributed by atoms with van der Waals surface area (Å²) in [5.74, 6) is -2.26. The normalized spacial score (nSPS) is 11.7. The zero-order valence-corrected chi connectivity index (χ0v) is 9.31. The molecule has 0 aliphatic carbocycles. The quantitative estimate of drug-likeness (QED) is 0.347. The highest BCUT2D eigenvalue weighted by Gasteiger charge is 2.21. The average Bonchev–Trinajstić information content (AvgIpc) is 2.32. The van der Waals surface area contributed by atoms with Crippen LogP contribution in [-0.4, -0.2) is 19.0 Å². The molecule has 1 amide bonds. The number of azide groups is 1. The summed E-state index contributed by atoms with van der Waals surface area (Å²) in [5.41, 5.74) is 13.0. The Hall–Kier alpha value is -2.18. The Kier molecular flexibility index (Phi) is 5.04. The van der Waals surface area contributed by atoms with E-state index in [1.807, 2.05) is 0 Å². The Morgan fingerprint density at radius 2 is 2.28 bits per heavy atom. The van der Waals surface area contributed by atoms with Gasteiger partial charge in [-0.3, -0.25) is 4.79 Å². The molecule has 0 saturated heterocycles. The highest BCUT2D eigenvalue weighted by atomic mass is 19.1. The third-order valence-electron chi connectivity index (χ3n) is 2.18. The molecule has 1 aromatic rings. The van der Waals surface area contributed by atoms with Gasteiger partial charge in [-0.2, -0.15) is 0 Å². The van der Waals surface area contributed by atoms with Gasteiger partial charge in [0.1, 0.15) is 17.7 Å². The summed E-state index contributed by atoms with van der Waals surface area (Å²) in [6.45, 7) is 0.185. The zero-order chi connectivity index (χ0) is 13.5. The third-order valence-corrected chi connectivity index (χ3v) is 2.18. The molecule has 0 saturated carbocycles. The number of nitrogens with zero attached hydrogens (tertiary/aromatic N) is 3. The standard InChI is InChI=1S/C10H11F2N5O/c11-6-1-2-8(12)7(5-6)9(10(13)18)15-3-4-16-17-14/h1-2,5,9,15H,3-4H2,(H2,13,18). The van der Waals surface area contributed by atoms with Crippen LogP contribution in [-0.2, 0) is 4.79 Å². The lowest BCUT2D eigenvalue weighted by Crippen LogP contribution is -2.35. The number of hydrogen-bond acceptors (Lipinski definition) is 3. The molecule has 0 radical (unpaired) electrons. The first-order chi connectivity index (χ1) is 8.56. The van der Waals surface area contributed by atoms with Gasteiger partial charge >= 0.3 is 0 Å². The van der Waals surface area contributed by atoms with Crippen molar-refractivity contribution in [2.45, 2.75) is 6.04 Å². The molecule has 0 heterocycles. The van der Waals surface area contributed by atoms with Gasteiger partial charge in [-0.05, 0) is 23.7 Å². The predicted octanol–water partition coefficient (Wildman–Crippen LogP) is 1.39. The van der Waals surface area contributed by atoms with Gasteiger partial charge in [0.2, 0.25) is 5.91 Å². The van der Waals surface area contributed by atoms with Crippen molar-refractivity contribution in [2.24, 2.45) is 10.8 Å². The van der Waals surface area contributed by atoms with Crippen LogP contribution < -0.4 is 11.1 Å². The largest absolute Gasteiger partial charge is 0.368 e. The molecule has 0 aromatic heterocycles. The lowest BCUT2D eigenvalue weighted by atomic mass is 10.1. The minimum atomic E-state index is -1.17. The smallest absolute Gasteiger partial charge is 0.239 e. The van der Waals surface area contributed by atoms with Gasteiger partial charge < -0.3 is 11.1 Å². The van der Waals surface area contributed by atoms with E-state index in [4.69, 9.17) is 11.3 Å². The van der Waals surface area contributed by atoms with E-state index in [9.17, 15) is 13.6 Å². The Balaban J connectivity index is 2.87. The lowest BCUT2D eigenvalue weighted by Gasteiger charge is -2.15. The molecule has 1 atom stereocenters. The van der Waals surface area contributed by atoms with Gasteiger partial charge in [-0.1, -0.05) is 5.11 Å². The van der Waals surface area contributed by atoms with E-state index in [1.165, 1.54) is 0 Å². The maximum atomic E-state index is 13.5. The van der Waals surface area contributed by atoms with E-state index >= 15 is 0 Å². The first-order valence-electron chi connectivity index (χ1n) is 5.04. The van der Waals surface area contributed by atoms with Gasteiger partial charge in [0.05, 0.1) is 0 Å². The summed E-state index contributed by atoms with van der Waals surface area (Å²) in [6.07, 6.45) is 0. The summed E-state index contributed by atoms with van der Waals surface area (Å²) < 4.78 is 26.5. The van der Waals surface area contributed by atoms with Crippen molar-refractivity contribution in [3.63, 3.8) is 0 Å². The molecular formula is C10H11F2N5O. The van der Waals surface area contributed by atoms with Crippen LogP contribution in [0.25, 0.3) is 10.4 Å². The number of nitrogens with two attached hydrogens (primary N) is 1. The number of carbonyl (C=O) groups is 1. The summed E-state index contributed by atoms with van der Waals surface area (Å²) in [5, 5.41) is 5.83. The molecule has 1 unspecified atom stereocenters. The molecule has 1 aromatic carbocycles. The summed E-state index contributed by atoms with van der Waals surface area (Å²) >= 11 is 0. The van der Waals surface area contributed by atoms with Crippen molar-refractivity contribution in [2.75, 3.05) is 13.1 Å². The molecule has 0 fully saturated rings. The summed E-state index contributed by atoms with van der Waals surface area (Å²) in [4.78, 5) is 13.7. The van der Waals surface area contributed by atoms with Crippen LogP contribution >= 0.6 is 0 Å². The maximum absolute atomic E-state index is 13.5. The fourth-order valence-corrected chi connectivity index (χ4v) is 1.40. The Bertz CT molecular complexity index is 487. The molecule has 0 aliphatic heterocycles. The molecule has 3 N–H and O–H groups in total. The second kappa shape index (κ2) is 6.53. The molecule has 0 aliphatic rings. The SMILES string of the molecule is [N-]=[N+]=NCCNC(C(N)=O)c1cc(F)ccc1F. The lowest BCUT2D eigenvalue weighted by molar-refractivity contribution is -0.120. The highest BCUT2D eigenvalue weighted by Crippen LogP contribution is 2.18. The van der Waals surface area contributed by atoms with Crippen LogP contribution in [0.5, 0.6) is 0 Å². The molecule has 8 heteroatoms. The van der Waals surface area contributed by atoms with E-state index in [0.717, 1.165) is 18.2 Å². The highest BCUT2D eigenvalue weighted by molar-refractivity contribution is 5.81. The number of rotatable bonds is 6. The maximum Gasteiger partial charge on any atom is 0.239 e. The van der Waals surface area contributed by atoms with Crippen LogP contribution in [0.2, 0.25) is 0 Å². The third kappa shape index (κ3) is 3.69. The molecule has 0 spiro atoms. The topological polar surface area (TPSA) is 104 Å². The van der Waals surface area contributed by atoms with Crippen LogP contribution in [0, 0.1) is 11.6 Å². The first-order valence-corrected chi connectivity index (χ1v) is 5.04. The van der Waals surface area contributed by atoms with E-state index in [0.29, 0.717) is 0 Å². The number of benzene rings is 1. The average molecular weight is 255 g/mol. The number of nitrogens with one attached hydrogen (secondary N) is 1. The van der Waals surface area contributed by atoms with Crippen molar-refractivity contribution in [3.8, 4) is 0 Å². The Labute approximate surface area is 101 Å². The number of primary amides is 1. The summed E-state index contributed by atoms with van der Waals surface area (Å²) in [7, 11) is 0. The molecule has 0 bridgehead atoms. The minimum Gasteiger partial charge on any atom is -0.368 e. The zero-order valence-electron chi connectivity index (χ0n) is 9.31. The fourth-order valence-electron chi connectivity index (χ4n) is 1.40. The van der Waals surface area contributed by atoms with Crippen LogP contribution in [0.15, 0.2) is 23.3 Å². The Morgan fingerprint density at radius 1 is 1.56 bits per heavy atom. The van der Waals surface area contributed by atoms with Crippen LogP contribution in [0.1, 0.15) is 11.6 Å². The number of carbonyl (C=O) groups excluding carboxylic acids is 1. The van der Waals surface area contributed by atoms with Crippen molar-refractivity contribution in [1.82, 2.24) is 5.32 Å². The molecular weight excluding hydrogens is 244 g/mol. The molecule has 1 rings (SSSR count). The van der Waals surface area contributed by atoms with Gasteiger partial charge in [0, 0.05) is 23.6 Å². The van der Waals surface area contributed by atoms with Gasteiger partial charge in [-0.25, -0.2) is 8.78 Å². The van der Waals surface area contributed by atoms with E-state index in [2.05, 4.69) is 15.3 Å². The molecule has 96 valence electrons. The van der Waals surface area contributed by atoms with Crippen molar-refractivity contribution in [3.05, 3.63) is 45.8 Å². The van der Waals surface area contributed by atoms with E-state index < -0.39 is 23.6 Å². The van der Waals surface area contributed by atoms with Crippen molar-refractivity contribution < 1.29 is 13.6 Å². The Morgan fingerprint density at radius 3 is 2.89 bits per heavy atom.